The van der Waals surface area contributed by atoms with Crippen LogP contribution in [0.3, 0.4) is 0 Å². The molecule has 0 aliphatic carbocycles. The SMILES string of the molecule is C[C@@H]1CN(C(CN)c2ccc(C(F)(F)F)cc2)C[C@H](C)O1. The van der Waals surface area contributed by atoms with Gasteiger partial charge < -0.3 is 10.5 Å². The predicted molar refractivity (Wildman–Crippen MR) is 74.8 cm³/mol. The van der Waals surface area contributed by atoms with Gasteiger partial charge >= 0.3 is 6.18 Å². The number of ether oxygens (including phenoxy) is 1. The van der Waals surface area contributed by atoms with Crippen LogP contribution in [0.5, 0.6) is 0 Å². The molecule has 2 rings (SSSR count). The normalized spacial score (nSPS) is 25.8. The summed E-state index contributed by atoms with van der Waals surface area (Å²) in [5.74, 6) is 0. The molecule has 1 heterocycles. The minimum atomic E-state index is -4.31. The smallest absolute Gasteiger partial charge is 0.373 e. The summed E-state index contributed by atoms with van der Waals surface area (Å²) in [5.41, 5.74) is 6.02. The lowest BCUT2D eigenvalue weighted by Gasteiger charge is -2.40. The molecule has 1 unspecified atom stereocenters. The average molecular weight is 302 g/mol. The Balaban J connectivity index is 2.17. The van der Waals surface area contributed by atoms with Crippen LogP contribution in [0.4, 0.5) is 13.2 Å². The molecular weight excluding hydrogens is 281 g/mol. The molecule has 0 bridgehead atoms. The topological polar surface area (TPSA) is 38.5 Å². The van der Waals surface area contributed by atoms with Crippen molar-refractivity contribution >= 4 is 0 Å². The number of morpholine rings is 1. The lowest BCUT2D eigenvalue weighted by Crippen LogP contribution is -2.48. The van der Waals surface area contributed by atoms with Crippen LogP contribution in [0.15, 0.2) is 24.3 Å². The molecule has 1 saturated heterocycles. The van der Waals surface area contributed by atoms with E-state index < -0.39 is 11.7 Å². The minimum Gasteiger partial charge on any atom is -0.373 e. The van der Waals surface area contributed by atoms with Crippen LogP contribution in [0.1, 0.15) is 31.0 Å². The Morgan fingerprint density at radius 2 is 1.71 bits per heavy atom. The average Bonchev–Trinajstić information content (AvgIpc) is 2.38. The maximum Gasteiger partial charge on any atom is 0.416 e. The molecule has 0 radical (unpaired) electrons. The first-order valence-electron chi connectivity index (χ1n) is 7.08. The number of benzene rings is 1. The first-order valence-corrected chi connectivity index (χ1v) is 7.08. The van der Waals surface area contributed by atoms with Crippen molar-refractivity contribution in [1.82, 2.24) is 4.90 Å². The van der Waals surface area contributed by atoms with E-state index in [0.717, 1.165) is 30.8 Å². The highest BCUT2D eigenvalue weighted by atomic mass is 19.4. The van der Waals surface area contributed by atoms with Gasteiger partial charge in [-0.1, -0.05) is 12.1 Å². The standard InChI is InChI=1S/C15H21F3N2O/c1-10-8-20(9-11(2)21-10)14(7-19)12-3-5-13(6-4-12)15(16,17)18/h3-6,10-11,14H,7-9,19H2,1-2H3/t10-,11+,14?. The van der Waals surface area contributed by atoms with Crippen LogP contribution < -0.4 is 5.73 Å². The Morgan fingerprint density at radius 3 is 2.14 bits per heavy atom. The number of hydrogen-bond donors (Lipinski definition) is 1. The van der Waals surface area contributed by atoms with Gasteiger partial charge in [0.25, 0.3) is 0 Å². The highest BCUT2D eigenvalue weighted by Crippen LogP contribution is 2.31. The van der Waals surface area contributed by atoms with E-state index in [1.165, 1.54) is 12.1 Å². The summed E-state index contributed by atoms with van der Waals surface area (Å²) in [6, 6.07) is 5.19. The van der Waals surface area contributed by atoms with E-state index in [4.69, 9.17) is 10.5 Å². The van der Waals surface area contributed by atoms with Crippen molar-refractivity contribution in [3.8, 4) is 0 Å². The Morgan fingerprint density at radius 1 is 1.19 bits per heavy atom. The highest BCUT2D eigenvalue weighted by Gasteiger charge is 2.31. The van der Waals surface area contributed by atoms with Crippen LogP contribution in [0, 0.1) is 0 Å². The quantitative estimate of drug-likeness (QED) is 0.933. The molecule has 118 valence electrons. The second kappa shape index (κ2) is 6.34. The zero-order valence-corrected chi connectivity index (χ0v) is 12.2. The maximum atomic E-state index is 12.6. The molecule has 0 aromatic heterocycles. The number of nitrogens with two attached hydrogens (primary N) is 1. The minimum absolute atomic E-state index is 0.0823. The number of nitrogens with zero attached hydrogens (tertiary/aromatic N) is 1. The van der Waals surface area contributed by atoms with Crippen molar-refractivity contribution in [2.24, 2.45) is 5.73 Å². The predicted octanol–water partition coefficient (Wildman–Crippen LogP) is 2.81. The fraction of sp³-hybridized carbons (Fsp3) is 0.600. The van der Waals surface area contributed by atoms with Crippen molar-refractivity contribution in [2.45, 2.75) is 38.3 Å². The van der Waals surface area contributed by atoms with Crippen LogP contribution in [0.25, 0.3) is 0 Å². The van der Waals surface area contributed by atoms with Crippen LogP contribution in [-0.2, 0) is 10.9 Å². The molecule has 6 heteroatoms. The molecule has 1 aromatic rings. The number of hydrogen-bond acceptors (Lipinski definition) is 3. The molecule has 1 aliphatic heterocycles. The van der Waals surface area contributed by atoms with Crippen molar-refractivity contribution < 1.29 is 17.9 Å². The first-order chi connectivity index (χ1) is 9.81. The molecule has 1 fully saturated rings. The third-order valence-electron chi connectivity index (χ3n) is 3.73. The summed E-state index contributed by atoms with van der Waals surface area (Å²) in [7, 11) is 0. The molecule has 21 heavy (non-hydrogen) atoms. The second-order valence-electron chi connectivity index (χ2n) is 5.58. The van der Waals surface area contributed by atoms with Crippen LogP contribution in [-0.4, -0.2) is 36.7 Å². The number of alkyl halides is 3. The molecule has 1 aromatic carbocycles. The highest BCUT2D eigenvalue weighted by molar-refractivity contribution is 5.27. The van der Waals surface area contributed by atoms with Gasteiger partial charge in [0.05, 0.1) is 17.8 Å². The van der Waals surface area contributed by atoms with Crippen molar-refractivity contribution in [3.05, 3.63) is 35.4 Å². The lowest BCUT2D eigenvalue weighted by atomic mass is 10.0. The first kappa shape index (κ1) is 16.3. The maximum absolute atomic E-state index is 12.6. The van der Waals surface area contributed by atoms with E-state index in [9.17, 15) is 13.2 Å². The van der Waals surface area contributed by atoms with Gasteiger partial charge in [-0.2, -0.15) is 13.2 Å². The lowest BCUT2D eigenvalue weighted by molar-refractivity contribution is -0.137. The van der Waals surface area contributed by atoms with Gasteiger partial charge in [-0.05, 0) is 31.5 Å². The van der Waals surface area contributed by atoms with Crippen LogP contribution >= 0.6 is 0 Å². The zero-order valence-electron chi connectivity index (χ0n) is 12.2. The third kappa shape index (κ3) is 3.96. The molecule has 0 amide bonds. The molecule has 1 aliphatic rings. The fourth-order valence-corrected chi connectivity index (χ4v) is 2.86. The van der Waals surface area contributed by atoms with Gasteiger partial charge in [0.1, 0.15) is 0 Å². The number of halogens is 3. The van der Waals surface area contributed by atoms with Gasteiger partial charge in [0.15, 0.2) is 0 Å². The summed E-state index contributed by atoms with van der Waals surface area (Å²) < 4.78 is 43.5. The Labute approximate surface area is 122 Å². The summed E-state index contributed by atoms with van der Waals surface area (Å²) in [6.45, 7) is 5.80. The Hall–Kier alpha value is -1.11. The Kier molecular flexibility index (Phi) is 4.91. The fourth-order valence-electron chi connectivity index (χ4n) is 2.86. The molecule has 0 saturated carbocycles. The molecule has 3 nitrogen and oxygen atoms in total. The monoisotopic (exact) mass is 302 g/mol. The van der Waals surface area contributed by atoms with Crippen molar-refractivity contribution in [3.63, 3.8) is 0 Å². The summed E-state index contributed by atoms with van der Waals surface area (Å²) in [5, 5.41) is 0. The van der Waals surface area contributed by atoms with Crippen molar-refractivity contribution in [2.75, 3.05) is 19.6 Å². The van der Waals surface area contributed by atoms with Gasteiger partial charge in [-0.15, -0.1) is 0 Å². The summed E-state index contributed by atoms with van der Waals surface area (Å²) in [4.78, 5) is 2.18. The zero-order chi connectivity index (χ0) is 15.6. The summed E-state index contributed by atoms with van der Waals surface area (Å²) in [6.07, 6.45) is -4.12. The van der Waals surface area contributed by atoms with E-state index in [0.29, 0.717) is 6.54 Å². The molecular formula is C15H21F3N2O. The third-order valence-corrected chi connectivity index (χ3v) is 3.73. The van der Waals surface area contributed by atoms with E-state index in [1.807, 2.05) is 13.8 Å². The molecule has 0 spiro atoms. The van der Waals surface area contributed by atoms with E-state index in [2.05, 4.69) is 4.90 Å². The van der Waals surface area contributed by atoms with E-state index in [-0.39, 0.29) is 18.2 Å². The molecule has 3 atom stereocenters. The van der Waals surface area contributed by atoms with Gasteiger partial charge in [-0.25, -0.2) is 0 Å². The summed E-state index contributed by atoms with van der Waals surface area (Å²) >= 11 is 0. The van der Waals surface area contributed by atoms with Crippen LogP contribution in [0.2, 0.25) is 0 Å². The van der Waals surface area contributed by atoms with E-state index in [1.54, 1.807) is 0 Å². The van der Waals surface area contributed by atoms with E-state index >= 15 is 0 Å². The second-order valence-corrected chi connectivity index (χ2v) is 5.58. The van der Waals surface area contributed by atoms with Gasteiger partial charge in [0, 0.05) is 25.7 Å². The largest absolute Gasteiger partial charge is 0.416 e. The Bertz CT molecular complexity index is 451. The number of rotatable bonds is 3. The molecule has 2 N–H and O–H groups in total. The van der Waals surface area contributed by atoms with Crippen molar-refractivity contribution in [1.29, 1.82) is 0 Å². The van der Waals surface area contributed by atoms with Gasteiger partial charge in [0.2, 0.25) is 0 Å². The van der Waals surface area contributed by atoms with Gasteiger partial charge in [-0.3, -0.25) is 4.90 Å².